The van der Waals surface area contributed by atoms with E-state index in [4.69, 9.17) is 11.6 Å². The van der Waals surface area contributed by atoms with Crippen LogP contribution >= 0.6 is 23.4 Å². The van der Waals surface area contributed by atoms with E-state index < -0.39 is 0 Å². The molecule has 0 aliphatic heterocycles. The van der Waals surface area contributed by atoms with Crippen LogP contribution in [0.4, 0.5) is 0 Å². The summed E-state index contributed by atoms with van der Waals surface area (Å²) in [6.07, 6.45) is 1.91. The zero-order chi connectivity index (χ0) is 13.7. The lowest BCUT2D eigenvalue weighted by molar-refractivity contribution is 0.0936. The third-order valence-electron chi connectivity index (χ3n) is 2.84. The number of halogens is 1. The Hall–Kier alpha value is -0.710. The van der Waals surface area contributed by atoms with Crippen LogP contribution in [0.2, 0.25) is 5.02 Å². The third kappa shape index (κ3) is 3.64. The fourth-order valence-electron chi connectivity index (χ4n) is 1.64. The lowest BCUT2D eigenvalue weighted by Gasteiger charge is -2.21. The Labute approximate surface area is 117 Å². The minimum Gasteiger partial charge on any atom is -0.395 e. The number of rotatable bonds is 5. The molecule has 0 aromatic heterocycles. The van der Waals surface area contributed by atoms with Gasteiger partial charge in [0.05, 0.1) is 17.2 Å². The van der Waals surface area contributed by atoms with Gasteiger partial charge in [-0.15, -0.1) is 0 Å². The molecule has 1 rings (SSSR count). The van der Waals surface area contributed by atoms with Crippen LogP contribution in [0.15, 0.2) is 18.2 Å². The Bertz CT molecular complexity index is 421. The van der Waals surface area contributed by atoms with E-state index in [0.29, 0.717) is 10.6 Å². The second-order valence-electron chi connectivity index (χ2n) is 4.16. The lowest BCUT2D eigenvalue weighted by Crippen LogP contribution is -2.41. The van der Waals surface area contributed by atoms with Crippen LogP contribution in [0.25, 0.3) is 0 Å². The molecule has 0 spiro atoms. The molecule has 2 atom stereocenters. The lowest BCUT2D eigenvalue weighted by atomic mass is 10.1. The quantitative estimate of drug-likeness (QED) is 0.875. The van der Waals surface area contributed by atoms with E-state index in [1.165, 1.54) is 11.8 Å². The average Bonchev–Trinajstić information content (AvgIpc) is 2.34. The molecule has 2 N–H and O–H groups in total. The van der Waals surface area contributed by atoms with Crippen molar-refractivity contribution in [3.63, 3.8) is 0 Å². The number of carbonyl (C=O) groups is 1. The number of aryl methyl sites for hydroxylation is 1. The van der Waals surface area contributed by atoms with Gasteiger partial charge in [-0.1, -0.05) is 23.7 Å². The summed E-state index contributed by atoms with van der Waals surface area (Å²) in [5.74, 6) is -0.205. The number of benzene rings is 1. The Kier molecular flexibility index (Phi) is 5.99. The van der Waals surface area contributed by atoms with Crippen molar-refractivity contribution in [3.8, 4) is 0 Å². The molecule has 0 aliphatic carbocycles. The van der Waals surface area contributed by atoms with Gasteiger partial charge in [0, 0.05) is 11.3 Å². The normalized spacial score (nSPS) is 14.1. The summed E-state index contributed by atoms with van der Waals surface area (Å²) >= 11 is 7.63. The number of aliphatic hydroxyl groups excluding tert-OH is 1. The zero-order valence-corrected chi connectivity index (χ0v) is 12.3. The summed E-state index contributed by atoms with van der Waals surface area (Å²) in [6.45, 7) is 3.77. The SMILES string of the molecule is CSC(CO)C(C)NC(=O)c1cccc(C)c1Cl. The number of nitrogens with one attached hydrogen (secondary N) is 1. The highest BCUT2D eigenvalue weighted by molar-refractivity contribution is 7.99. The van der Waals surface area contributed by atoms with Gasteiger partial charge in [0.15, 0.2) is 0 Å². The maximum Gasteiger partial charge on any atom is 0.253 e. The molecule has 0 bridgehead atoms. The molecule has 1 aromatic carbocycles. The fraction of sp³-hybridized carbons (Fsp3) is 0.462. The van der Waals surface area contributed by atoms with Gasteiger partial charge >= 0.3 is 0 Å². The van der Waals surface area contributed by atoms with Gasteiger partial charge in [-0.05, 0) is 31.7 Å². The average molecular weight is 288 g/mol. The molecule has 5 heteroatoms. The topological polar surface area (TPSA) is 49.3 Å². The first-order valence-electron chi connectivity index (χ1n) is 5.70. The summed E-state index contributed by atoms with van der Waals surface area (Å²) in [7, 11) is 0. The largest absolute Gasteiger partial charge is 0.395 e. The summed E-state index contributed by atoms with van der Waals surface area (Å²) in [5.41, 5.74) is 1.35. The molecular formula is C13H18ClNO2S. The fourth-order valence-corrected chi connectivity index (χ4v) is 2.47. The molecule has 0 aliphatic rings. The molecule has 2 unspecified atom stereocenters. The molecule has 0 radical (unpaired) electrons. The minimum absolute atomic E-state index is 0.0162. The van der Waals surface area contributed by atoms with E-state index in [1.807, 2.05) is 26.2 Å². The summed E-state index contributed by atoms with van der Waals surface area (Å²) < 4.78 is 0. The van der Waals surface area contributed by atoms with E-state index in [1.54, 1.807) is 12.1 Å². The standard InChI is InChI=1S/C13H18ClNO2S/c1-8-5-4-6-10(12(8)14)13(17)15-9(2)11(7-16)18-3/h4-6,9,11,16H,7H2,1-3H3,(H,15,17). The molecule has 0 saturated carbocycles. The molecule has 18 heavy (non-hydrogen) atoms. The van der Waals surface area contributed by atoms with Gasteiger partial charge in [-0.3, -0.25) is 4.79 Å². The van der Waals surface area contributed by atoms with E-state index in [0.717, 1.165) is 5.56 Å². The Balaban J connectivity index is 2.79. The highest BCUT2D eigenvalue weighted by Crippen LogP contribution is 2.20. The van der Waals surface area contributed by atoms with Crippen LogP contribution in [0.1, 0.15) is 22.8 Å². The van der Waals surface area contributed by atoms with Crippen molar-refractivity contribution in [1.82, 2.24) is 5.32 Å². The van der Waals surface area contributed by atoms with E-state index in [9.17, 15) is 9.90 Å². The van der Waals surface area contributed by atoms with Gasteiger partial charge in [0.2, 0.25) is 0 Å². The maximum absolute atomic E-state index is 12.1. The molecule has 1 aromatic rings. The molecule has 0 saturated heterocycles. The van der Waals surface area contributed by atoms with Gasteiger partial charge in [0.25, 0.3) is 5.91 Å². The summed E-state index contributed by atoms with van der Waals surface area (Å²) in [6, 6.07) is 5.25. The van der Waals surface area contributed by atoms with E-state index in [-0.39, 0.29) is 23.8 Å². The second-order valence-corrected chi connectivity index (χ2v) is 5.61. The Morgan fingerprint density at radius 2 is 2.22 bits per heavy atom. The van der Waals surface area contributed by atoms with Crippen molar-refractivity contribution in [2.24, 2.45) is 0 Å². The monoisotopic (exact) mass is 287 g/mol. The number of thioether (sulfide) groups is 1. The van der Waals surface area contributed by atoms with Crippen molar-refractivity contribution in [2.75, 3.05) is 12.9 Å². The van der Waals surface area contributed by atoms with Crippen molar-refractivity contribution in [3.05, 3.63) is 34.3 Å². The Morgan fingerprint density at radius 1 is 1.56 bits per heavy atom. The molecule has 3 nitrogen and oxygen atoms in total. The number of hydrogen-bond donors (Lipinski definition) is 2. The predicted octanol–water partition coefficient (Wildman–Crippen LogP) is 2.49. The highest BCUT2D eigenvalue weighted by Gasteiger charge is 2.19. The van der Waals surface area contributed by atoms with Crippen molar-refractivity contribution >= 4 is 29.3 Å². The zero-order valence-electron chi connectivity index (χ0n) is 10.7. The number of amides is 1. The van der Waals surface area contributed by atoms with Gasteiger partial charge < -0.3 is 10.4 Å². The molecular weight excluding hydrogens is 270 g/mol. The van der Waals surface area contributed by atoms with Crippen LogP contribution in [-0.2, 0) is 0 Å². The van der Waals surface area contributed by atoms with Crippen molar-refractivity contribution < 1.29 is 9.90 Å². The Morgan fingerprint density at radius 3 is 2.78 bits per heavy atom. The van der Waals surface area contributed by atoms with Crippen molar-refractivity contribution in [2.45, 2.75) is 25.1 Å². The van der Waals surface area contributed by atoms with Crippen LogP contribution < -0.4 is 5.32 Å². The van der Waals surface area contributed by atoms with E-state index in [2.05, 4.69) is 5.32 Å². The number of aliphatic hydroxyl groups is 1. The predicted molar refractivity (Wildman–Crippen MR) is 77.5 cm³/mol. The first-order chi connectivity index (χ1) is 8.51. The smallest absolute Gasteiger partial charge is 0.253 e. The second kappa shape index (κ2) is 7.02. The summed E-state index contributed by atoms with van der Waals surface area (Å²) in [5, 5.41) is 12.5. The third-order valence-corrected chi connectivity index (χ3v) is 4.50. The van der Waals surface area contributed by atoms with Crippen LogP contribution in [0, 0.1) is 6.92 Å². The number of carbonyl (C=O) groups excluding carboxylic acids is 1. The first kappa shape index (κ1) is 15.3. The highest BCUT2D eigenvalue weighted by atomic mass is 35.5. The molecule has 0 heterocycles. The van der Waals surface area contributed by atoms with E-state index >= 15 is 0 Å². The summed E-state index contributed by atoms with van der Waals surface area (Å²) in [4.78, 5) is 12.1. The first-order valence-corrected chi connectivity index (χ1v) is 7.37. The van der Waals surface area contributed by atoms with Crippen molar-refractivity contribution in [1.29, 1.82) is 0 Å². The molecule has 1 amide bonds. The minimum atomic E-state index is -0.205. The van der Waals surface area contributed by atoms with Crippen LogP contribution in [0.5, 0.6) is 0 Å². The van der Waals surface area contributed by atoms with Gasteiger partial charge in [-0.25, -0.2) is 0 Å². The van der Waals surface area contributed by atoms with Gasteiger partial charge in [-0.2, -0.15) is 11.8 Å². The maximum atomic E-state index is 12.1. The van der Waals surface area contributed by atoms with Crippen LogP contribution in [-0.4, -0.2) is 35.2 Å². The molecule has 0 fully saturated rings. The molecule has 100 valence electrons. The van der Waals surface area contributed by atoms with Gasteiger partial charge in [0.1, 0.15) is 0 Å². The number of hydrogen-bond acceptors (Lipinski definition) is 3. The van der Waals surface area contributed by atoms with Crippen LogP contribution in [0.3, 0.4) is 0 Å².